The van der Waals surface area contributed by atoms with Gasteiger partial charge in [-0.3, -0.25) is 14.5 Å². The van der Waals surface area contributed by atoms with E-state index >= 15 is 0 Å². The zero-order chi connectivity index (χ0) is 18.4. The Morgan fingerprint density at radius 2 is 1.72 bits per heavy atom. The number of hydrogen-bond acceptors (Lipinski definition) is 3. The van der Waals surface area contributed by atoms with E-state index in [-0.39, 0.29) is 37.6 Å². The van der Waals surface area contributed by atoms with E-state index in [1.165, 1.54) is 21.9 Å². The largest absolute Gasteiger partial charge is 0.401 e. The molecule has 1 saturated heterocycles. The Bertz CT molecular complexity index is 604. The molecule has 0 unspecified atom stereocenters. The van der Waals surface area contributed by atoms with Crippen LogP contribution in [0.2, 0.25) is 0 Å². The van der Waals surface area contributed by atoms with Crippen molar-refractivity contribution in [3.8, 4) is 0 Å². The summed E-state index contributed by atoms with van der Waals surface area (Å²) in [6.07, 6.45) is -3.82. The van der Waals surface area contributed by atoms with Crippen molar-refractivity contribution in [3.63, 3.8) is 0 Å². The molecule has 1 heterocycles. The van der Waals surface area contributed by atoms with Gasteiger partial charge < -0.3 is 10.2 Å². The first-order chi connectivity index (χ1) is 11.7. The monoisotopic (exact) mass is 361 g/mol. The van der Waals surface area contributed by atoms with Crippen molar-refractivity contribution in [2.24, 2.45) is 0 Å². The van der Waals surface area contributed by atoms with Crippen molar-refractivity contribution in [1.82, 2.24) is 15.1 Å². The highest BCUT2D eigenvalue weighted by molar-refractivity contribution is 5.96. The fourth-order valence-corrected chi connectivity index (χ4v) is 2.60. The molecule has 1 N–H and O–H groups in total. The van der Waals surface area contributed by atoms with E-state index in [1.54, 1.807) is 0 Å². The lowest BCUT2D eigenvalue weighted by molar-refractivity contribution is -0.145. The summed E-state index contributed by atoms with van der Waals surface area (Å²) in [4.78, 5) is 26.7. The molecule has 1 aromatic rings. The molecule has 1 aliphatic rings. The third kappa shape index (κ3) is 6.33. The molecule has 0 spiro atoms. The van der Waals surface area contributed by atoms with E-state index < -0.39 is 24.4 Å². The zero-order valence-corrected chi connectivity index (χ0v) is 13.5. The Labute approximate surface area is 142 Å². The molecule has 9 heteroatoms. The minimum absolute atomic E-state index is 0.136. The van der Waals surface area contributed by atoms with Gasteiger partial charge in [-0.2, -0.15) is 13.2 Å². The van der Waals surface area contributed by atoms with Crippen LogP contribution < -0.4 is 5.32 Å². The molecule has 1 fully saturated rings. The molecule has 0 bridgehead atoms. The summed E-state index contributed by atoms with van der Waals surface area (Å²) < 4.78 is 50.1. The van der Waals surface area contributed by atoms with Crippen LogP contribution in [-0.2, 0) is 4.79 Å². The first-order valence-corrected chi connectivity index (χ1v) is 7.85. The van der Waals surface area contributed by atoms with Crippen LogP contribution in [-0.4, -0.2) is 67.1 Å². The number of alkyl halides is 3. The topological polar surface area (TPSA) is 52.7 Å². The third-order valence-electron chi connectivity index (χ3n) is 3.85. The second kappa shape index (κ2) is 8.28. The molecule has 2 rings (SSSR count). The van der Waals surface area contributed by atoms with Gasteiger partial charge in [-0.1, -0.05) is 0 Å². The Hall–Kier alpha value is -2.16. The number of carbonyl (C=O) groups is 2. The van der Waals surface area contributed by atoms with Crippen molar-refractivity contribution < 1.29 is 27.2 Å². The number of rotatable bonds is 4. The van der Waals surface area contributed by atoms with E-state index in [2.05, 4.69) is 5.32 Å². The second-order valence-corrected chi connectivity index (χ2v) is 5.82. The summed E-state index contributed by atoms with van der Waals surface area (Å²) in [6, 6.07) is 4.88. The Morgan fingerprint density at radius 3 is 2.36 bits per heavy atom. The molecule has 0 atom stereocenters. The molecule has 138 valence electrons. The SMILES string of the molecule is O=C(NCC(=O)N1CCCN(CC(F)(F)F)CC1)c1ccc(F)cc1. The quantitative estimate of drug-likeness (QED) is 0.830. The first kappa shape index (κ1) is 19.2. The molecule has 0 saturated carbocycles. The molecule has 1 aromatic carbocycles. The van der Waals surface area contributed by atoms with Crippen molar-refractivity contribution in [2.45, 2.75) is 12.6 Å². The predicted octanol–water partition coefficient (Wildman–Crippen LogP) is 1.65. The molecule has 25 heavy (non-hydrogen) atoms. The van der Waals surface area contributed by atoms with E-state index in [1.807, 2.05) is 0 Å². The van der Waals surface area contributed by atoms with Crippen LogP contribution in [0.5, 0.6) is 0 Å². The molecular weight excluding hydrogens is 342 g/mol. The van der Waals surface area contributed by atoms with Gasteiger partial charge in [-0.05, 0) is 30.7 Å². The molecule has 0 aliphatic carbocycles. The predicted molar refractivity (Wildman–Crippen MR) is 82.4 cm³/mol. The standard InChI is InChI=1S/C16H19F4N3O2/c17-13-4-2-12(3-5-13)15(25)21-10-14(24)23-7-1-6-22(8-9-23)11-16(18,19)20/h2-5H,1,6-11H2,(H,21,25). The second-order valence-electron chi connectivity index (χ2n) is 5.82. The number of amides is 2. The molecule has 0 radical (unpaired) electrons. The van der Waals surface area contributed by atoms with Crippen LogP contribution >= 0.6 is 0 Å². The van der Waals surface area contributed by atoms with Gasteiger partial charge in [0.2, 0.25) is 5.91 Å². The lowest BCUT2D eigenvalue weighted by Gasteiger charge is -2.22. The summed E-state index contributed by atoms with van der Waals surface area (Å²) in [6.45, 7) is -0.310. The summed E-state index contributed by atoms with van der Waals surface area (Å²) in [5.41, 5.74) is 0.224. The molecule has 2 amide bonds. The number of nitrogens with zero attached hydrogens (tertiary/aromatic N) is 2. The maximum absolute atomic E-state index is 12.8. The molecular formula is C16H19F4N3O2. The maximum atomic E-state index is 12.8. The molecule has 0 aromatic heterocycles. The van der Waals surface area contributed by atoms with E-state index in [0.29, 0.717) is 13.0 Å². The smallest absolute Gasteiger partial charge is 0.343 e. The lowest BCUT2D eigenvalue weighted by Crippen LogP contribution is -2.42. The minimum Gasteiger partial charge on any atom is -0.343 e. The van der Waals surface area contributed by atoms with Crippen LogP contribution in [0.15, 0.2) is 24.3 Å². The zero-order valence-electron chi connectivity index (χ0n) is 13.5. The van der Waals surface area contributed by atoms with E-state index in [9.17, 15) is 27.2 Å². The Balaban J connectivity index is 1.80. The van der Waals surface area contributed by atoms with Gasteiger partial charge in [0.05, 0.1) is 13.1 Å². The fourth-order valence-electron chi connectivity index (χ4n) is 2.60. The average molecular weight is 361 g/mol. The van der Waals surface area contributed by atoms with Gasteiger partial charge in [-0.15, -0.1) is 0 Å². The summed E-state index contributed by atoms with van der Waals surface area (Å²) in [7, 11) is 0. The Morgan fingerprint density at radius 1 is 1.04 bits per heavy atom. The van der Waals surface area contributed by atoms with Gasteiger partial charge in [-0.25, -0.2) is 4.39 Å². The summed E-state index contributed by atoms with van der Waals surface area (Å²) >= 11 is 0. The van der Waals surface area contributed by atoms with Crippen molar-refractivity contribution >= 4 is 11.8 Å². The van der Waals surface area contributed by atoms with Crippen LogP contribution in [0.25, 0.3) is 0 Å². The fraction of sp³-hybridized carbons (Fsp3) is 0.500. The molecule has 5 nitrogen and oxygen atoms in total. The van der Waals surface area contributed by atoms with E-state index in [0.717, 1.165) is 12.1 Å². The summed E-state index contributed by atoms with van der Waals surface area (Å²) in [5, 5.41) is 2.44. The minimum atomic E-state index is -4.26. The van der Waals surface area contributed by atoms with E-state index in [4.69, 9.17) is 0 Å². The van der Waals surface area contributed by atoms with Crippen LogP contribution in [0.3, 0.4) is 0 Å². The molecule has 1 aliphatic heterocycles. The highest BCUT2D eigenvalue weighted by Gasteiger charge is 2.31. The highest BCUT2D eigenvalue weighted by atomic mass is 19.4. The average Bonchev–Trinajstić information content (AvgIpc) is 2.77. The highest BCUT2D eigenvalue weighted by Crippen LogP contribution is 2.17. The number of nitrogens with one attached hydrogen (secondary N) is 1. The maximum Gasteiger partial charge on any atom is 0.401 e. The number of carbonyl (C=O) groups excluding carboxylic acids is 2. The Kier molecular flexibility index (Phi) is 6.35. The van der Waals surface area contributed by atoms with Crippen LogP contribution in [0.4, 0.5) is 17.6 Å². The van der Waals surface area contributed by atoms with Crippen LogP contribution in [0.1, 0.15) is 16.8 Å². The van der Waals surface area contributed by atoms with Gasteiger partial charge in [0, 0.05) is 31.7 Å². The van der Waals surface area contributed by atoms with Crippen molar-refractivity contribution in [3.05, 3.63) is 35.6 Å². The van der Waals surface area contributed by atoms with Gasteiger partial charge in [0.1, 0.15) is 5.82 Å². The first-order valence-electron chi connectivity index (χ1n) is 7.85. The summed E-state index contributed by atoms with van der Waals surface area (Å²) in [5.74, 6) is -1.34. The van der Waals surface area contributed by atoms with Gasteiger partial charge in [0.25, 0.3) is 5.91 Å². The number of benzene rings is 1. The number of hydrogen-bond donors (Lipinski definition) is 1. The number of halogens is 4. The lowest BCUT2D eigenvalue weighted by atomic mass is 10.2. The van der Waals surface area contributed by atoms with Crippen molar-refractivity contribution in [1.29, 1.82) is 0 Å². The third-order valence-corrected chi connectivity index (χ3v) is 3.85. The normalized spacial score (nSPS) is 16.4. The van der Waals surface area contributed by atoms with Gasteiger partial charge in [0.15, 0.2) is 0 Å². The van der Waals surface area contributed by atoms with Crippen LogP contribution in [0, 0.1) is 5.82 Å². The van der Waals surface area contributed by atoms with Gasteiger partial charge >= 0.3 is 6.18 Å². The van der Waals surface area contributed by atoms with Crippen molar-refractivity contribution in [2.75, 3.05) is 39.3 Å².